The summed E-state index contributed by atoms with van der Waals surface area (Å²) < 4.78 is 29.7. The molecule has 0 aromatic carbocycles. The third-order valence-electron chi connectivity index (χ3n) is 13.4. The summed E-state index contributed by atoms with van der Waals surface area (Å²) in [4.78, 5) is 0. The predicted molar refractivity (Wildman–Crippen MR) is 163 cm³/mol. The van der Waals surface area contributed by atoms with Gasteiger partial charge in [-0.25, -0.2) is 0 Å². The van der Waals surface area contributed by atoms with Crippen LogP contribution in [-0.4, -0.2) is 129 Å². The van der Waals surface area contributed by atoms with E-state index >= 15 is 0 Å². The normalized spacial score (nSPS) is 54.7. The van der Waals surface area contributed by atoms with Crippen molar-refractivity contribution in [3.63, 3.8) is 0 Å². The molecule has 3 saturated carbocycles. The van der Waals surface area contributed by atoms with Crippen molar-refractivity contribution in [2.24, 2.45) is 28.6 Å². The summed E-state index contributed by atoms with van der Waals surface area (Å²) in [5, 5.41) is 74.5. The molecule has 46 heavy (non-hydrogen) atoms. The van der Waals surface area contributed by atoms with Gasteiger partial charge in [-0.05, 0) is 88.4 Å². The fraction of sp³-hybridized carbons (Fsp3) is 0.941. The molecule has 12 heteroatoms. The number of ether oxygens (including phenoxy) is 5. The second-order valence-corrected chi connectivity index (χ2v) is 15.6. The number of aliphatic hydroxyl groups is 7. The maximum Gasteiger partial charge on any atom is 0.187 e. The predicted octanol–water partition coefficient (Wildman–Crippen LogP) is 0.752. The molecular formula is C34H56O12. The highest BCUT2D eigenvalue weighted by Gasteiger charge is 2.67. The van der Waals surface area contributed by atoms with E-state index in [9.17, 15) is 35.7 Å². The van der Waals surface area contributed by atoms with Gasteiger partial charge in [-0.15, -0.1) is 0 Å². The van der Waals surface area contributed by atoms with E-state index in [1.165, 1.54) is 12.7 Å². The van der Waals surface area contributed by atoms with Gasteiger partial charge >= 0.3 is 0 Å². The molecule has 0 spiro atoms. The minimum absolute atomic E-state index is 0.0541. The molecule has 7 unspecified atom stereocenters. The first-order valence-corrected chi connectivity index (χ1v) is 17.3. The zero-order chi connectivity index (χ0) is 33.3. The Hall–Kier alpha value is -0.740. The summed E-state index contributed by atoms with van der Waals surface area (Å²) >= 11 is 0. The zero-order valence-corrected chi connectivity index (χ0v) is 27.8. The van der Waals surface area contributed by atoms with E-state index in [2.05, 4.69) is 19.9 Å². The highest BCUT2D eigenvalue weighted by molar-refractivity contribution is 5.28. The van der Waals surface area contributed by atoms with Crippen molar-refractivity contribution in [1.29, 1.82) is 0 Å². The van der Waals surface area contributed by atoms with Crippen LogP contribution in [-0.2, 0) is 23.7 Å². The molecule has 0 aromatic rings. The van der Waals surface area contributed by atoms with Crippen molar-refractivity contribution in [2.45, 2.75) is 158 Å². The summed E-state index contributed by atoms with van der Waals surface area (Å²) in [7, 11) is 1.43. The molecule has 0 aromatic heterocycles. The van der Waals surface area contributed by atoms with Crippen LogP contribution in [0.25, 0.3) is 0 Å². The first kappa shape index (κ1) is 35.1. The molecule has 12 nitrogen and oxygen atoms in total. The maximum atomic E-state index is 12.3. The van der Waals surface area contributed by atoms with E-state index in [1.54, 1.807) is 6.92 Å². The Morgan fingerprint density at radius 3 is 2.28 bits per heavy atom. The smallest absolute Gasteiger partial charge is 0.187 e. The van der Waals surface area contributed by atoms with Crippen LogP contribution in [0, 0.1) is 28.6 Å². The third kappa shape index (κ3) is 5.43. The van der Waals surface area contributed by atoms with Gasteiger partial charge in [0.1, 0.15) is 42.7 Å². The molecule has 4 aliphatic carbocycles. The average molecular weight is 657 g/mol. The lowest BCUT2D eigenvalue weighted by atomic mass is 9.45. The number of fused-ring (bicyclic) bond motifs is 5. The van der Waals surface area contributed by atoms with E-state index < -0.39 is 79.7 Å². The van der Waals surface area contributed by atoms with E-state index in [-0.39, 0.29) is 28.8 Å². The lowest BCUT2D eigenvalue weighted by molar-refractivity contribution is -0.361. The summed E-state index contributed by atoms with van der Waals surface area (Å²) in [6, 6.07) is 0. The summed E-state index contributed by atoms with van der Waals surface area (Å²) in [5.41, 5.74) is 0.224. The number of hydrogen-bond donors (Lipinski definition) is 7. The Labute approximate surface area is 271 Å². The Morgan fingerprint density at radius 2 is 1.61 bits per heavy atom. The second kappa shape index (κ2) is 12.9. The van der Waals surface area contributed by atoms with Gasteiger partial charge in [0.2, 0.25) is 0 Å². The second-order valence-electron chi connectivity index (χ2n) is 15.6. The van der Waals surface area contributed by atoms with Crippen LogP contribution in [0.5, 0.6) is 0 Å². The average Bonchev–Trinajstić information content (AvgIpc) is 3.31. The molecule has 6 aliphatic rings. The number of aliphatic hydroxyl groups excluding tert-OH is 6. The van der Waals surface area contributed by atoms with Crippen molar-refractivity contribution < 1.29 is 59.4 Å². The van der Waals surface area contributed by atoms with Crippen LogP contribution >= 0.6 is 0 Å². The molecule has 6 rings (SSSR count). The lowest BCUT2D eigenvalue weighted by Gasteiger charge is -2.61. The van der Waals surface area contributed by atoms with Gasteiger partial charge in [-0.1, -0.05) is 25.5 Å². The Morgan fingerprint density at radius 1 is 0.891 bits per heavy atom. The number of allylic oxidation sites excluding steroid dienone is 1. The van der Waals surface area contributed by atoms with Gasteiger partial charge in [0.25, 0.3) is 0 Å². The molecule has 2 aliphatic heterocycles. The van der Waals surface area contributed by atoms with E-state index in [4.69, 9.17) is 23.7 Å². The van der Waals surface area contributed by atoms with Crippen molar-refractivity contribution in [1.82, 2.24) is 0 Å². The van der Waals surface area contributed by atoms with Crippen LogP contribution in [0.2, 0.25) is 0 Å². The molecule has 18 atom stereocenters. The molecule has 2 heterocycles. The number of rotatable bonds is 7. The van der Waals surface area contributed by atoms with Gasteiger partial charge in [-0.2, -0.15) is 0 Å². The Kier molecular flexibility index (Phi) is 9.81. The summed E-state index contributed by atoms with van der Waals surface area (Å²) in [6.45, 7) is 7.55. The fourth-order valence-corrected chi connectivity index (χ4v) is 10.6. The minimum Gasteiger partial charge on any atom is -0.394 e. The first-order chi connectivity index (χ1) is 21.7. The fourth-order valence-electron chi connectivity index (χ4n) is 10.6. The van der Waals surface area contributed by atoms with Gasteiger partial charge < -0.3 is 59.4 Å². The van der Waals surface area contributed by atoms with Crippen molar-refractivity contribution in [3.8, 4) is 0 Å². The largest absolute Gasteiger partial charge is 0.394 e. The van der Waals surface area contributed by atoms with Crippen LogP contribution in [0.1, 0.15) is 79.1 Å². The molecule has 0 bridgehead atoms. The summed E-state index contributed by atoms with van der Waals surface area (Å²) in [5.74, 6) is 0.630. The van der Waals surface area contributed by atoms with Crippen LogP contribution < -0.4 is 0 Å². The van der Waals surface area contributed by atoms with Crippen molar-refractivity contribution in [2.75, 3.05) is 13.7 Å². The highest BCUT2D eigenvalue weighted by Crippen LogP contribution is 2.68. The third-order valence-corrected chi connectivity index (χ3v) is 13.4. The Balaban J connectivity index is 1.12. The maximum absolute atomic E-state index is 12.3. The van der Waals surface area contributed by atoms with Crippen LogP contribution in [0.4, 0.5) is 0 Å². The van der Waals surface area contributed by atoms with Gasteiger partial charge in [0.15, 0.2) is 12.6 Å². The van der Waals surface area contributed by atoms with E-state index in [0.29, 0.717) is 12.3 Å². The van der Waals surface area contributed by atoms with Gasteiger partial charge in [0, 0.05) is 12.5 Å². The quantitative estimate of drug-likeness (QED) is 0.191. The van der Waals surface area contributed by atoms with Crippen molar-refractivity contribution in [3.05, 3.63) is 11.6 Å². The van der Waals surface area contributed by atoms with Crippen LogP contribution in [0.3, 0.4) is 0 Å². The molecule has 264 valence electrons. The zero-order valence-electron chi connectivity index (χ0n) is 27.8. The monoisotopic (exact) mass is 656 g/mol. The van der Waals surface area contributed by atoms with Gasteiger partial charge in [0.05, 0.1) is 30.5 Å². The minimum atomic E-state index is -1.60. The van der Waals surface area contributed by atoms with E-state index in [1.807, 2.05) is 6.92 Å². The van der Waals surface area contributed by atoms with Gasteiger partial charge in [-0.3, -0.25) is 0 Å². The molecule has 5 fully saturated rings. The molecule has 0 amide bonds. The standard InChI is InChI=1S/C34H56O12/c1-16(36)20-10-13-34(41)22-7-6-18-14-19(8-11-32(18,3)21(22)9-12-33(20,34)4)44-31-27(40)29(42-5)28(17(2)43-31)46-30-26(39)25(38)24(37)23(15-35)45-30/h6,16-17,19-31,35-41H,7-15H2,1-5H3/t16?,17?,19-,20+,21?,22?,23?,24+,25-,26?,27?,28-,29+,30+,31-,32-,33+,34-/m0/s1. The van der Waals surface area contributed by atoms with E-state index in [0.717, 1.165) is 44.9 Å². The number of methoxy groups -OCH3 is 1. The summed E-state index contributed by atoms with van der Waals surface area (Å²) in [6.07, 6.45) is -3.55. The molecule has 0 radical (unpaired) electrons. The van der Waals surface area contributed by atoms with Crippen molar-refractivity contribution >= 4 is 0 Å². The topological polar surface area (TPSA) is 188 Å². The molecule has 2 saturated heterocycles. The highest BCUT2D eigenvalue weighted by atomic mass is 16.7. The lowest BCUT2D eigenvalue weighted by Crippen LogP contribution is -2.64. The molecule has 7 N–H and O–H groups in total. The number of hydrogen-bond acceptors (Lipinski definition) is 12. The van der Waals surface area contributed by atoms with Crippen LogP contribution in [0.15, 0.2) is 11.6 Å². The molecular weight excluding hydrogens is 600 g/mol. The SMILES string of the molecule is CO[C@@H]1C(O)[C@H](O[C@H]2CC[C@@]3(C)C(=CCC4C3CC[C@]3(C)[C@@H](C(C)O)CC[C@]43O)C2)OC(C)[C@@H]1O[C@H]1OC(CO)[C@@H](O)[C@H](O)C1O. The first-order valence-electron chi connectivity index (χ1n) is 17.3. The Bertz CT molecular complexity index is 1120.